The van der Waals surface area contributed by atoms with Crippen molar-refractivity contribution in [1.82, 2.24) is 0 Å². The Morgan fingerprint density at radius 3 is 3.06 bits per heavy atom. The lowest BCUT2D eigenvalue weighted by Crippen LogP contribution is -2.23. The monoisotopic (exact) mass is 243 g/mol. The van der Waals surface area contributed by atoms with E-state index in [2.05, 4.69) is 35.7 Å². The van der Waals surface area contributed by atoms with E-state index in [1.54, 1.807) is 0 Å². The third-order valence-electron chi connectivity index (χ3n) is 3.47. The van der Waals surface area contributed by atoms with Gasteiger partial charge in [0.2, 0.25) is 0 Å². The summed E-state index contributed by atoms with van der Waals surface area (Å²) in [5, 5.41) is 3.64. The molecule has 1 unspecified atom stereocenters. The van der Waals surface area contributed by atoms with Crippen molar-refractivity contribution in [3.63, 3.8) is 0 Å². The van der Waals surface area contributed by atoms with E-state index >= 15 is 0 Å². The number of nitrogens with two attached hydrogens (primary N) is 1. The molecule has 88 valence electrons. The van der Waals surface area contributed by atoms with Crippen LogP contribution in [0.2, 0.25) is 0 Å². The van der Waals surface area contributed by atoms with Crippen molar-refractivity contribution >= 4 is 27.5 Å². The molecule has 1 aromatic carbocycles. The number of rotatable bonds is 1. The average Bonchev–Trinajstić information content (AvgIpc) is 2.73. The van der Waals surface area contributed by atoms with Gasteiger partial charge < -0.3 is 5.73 Å². The quantitative estimate of drug-likeness (QED) is 0.798. The smallest absolute Gasteiger partial charge is 0.0348 e. The van der Waals surface area contributed by atoms with Crippen LogP contribution in [0.25, 0.3) is 16.2 Å². The minimum absolute atomic E-state index is 0.375. The second-order valence-electron chi connectivity index (χ2n) is 4.85. The van der Waals surface area contributed by atoms with E-state index in [0.717, 1.165) is 6.42 Å². The van der Waals surface area contributed by atoms with Crippen LogP contribution in [0.5, 0.6) is 0 Å². The topological polar surface area (TPSA) is 26.0 Å². The molecule has 0 spiro atoms. The summed E-state index contributed by atoms with van der Waals surface area (Å²) in [7, 11) is 0. The van der Waals surface area contributed by atoms with Gasteiger partial charge in [-0.15, -0.1) is 11.3 Å². The minimum Gasteiger partial charge on any atom is -0.327 e. The summed E-state index contributed by atoms with van der Waals surface area (Å²) in [5.74, 6) is 0. The Bertz CT molecular complexity index is 553. The fourth-order valence-electron chi connectivity index (χ4n) is 2.59. The van der Waals surface area contributed by atoms with E-state index in [4.69, 9.17) is 5.73 Å². The predicted octanol–water partition coefficient (Wildman–Crippen LogP) is 4.19. The SMILES string of the molecule is NC1CCC/C(=C/c2csc3ccccc23)C1. The van der Waals surface area contributed by atoms with Crippen molar-refractivity contribution in [3.8, 4) is 0 Å². The summed E-state index contributed by atoms with van der Waals surface area (Å²) in [6, 6.07) is 8.99. The fourth-order valence-corrected chi connectivity index (χ4v) is 3.51. The van der Waals surface area contributed by atoms with Crippen molar-refractivity contribution in [2.45, 2.75) is 31.7 Å². The molecule has 1 atom stereocenters. The van der Waals surface area contributed by atoms with E-state index in [1.165, 1.54) is 40.5 Å². The summed E-state index contributed by atoms with van der Waals surface area (Å²) < 4.78 is 1.37. The molecule has 1 fully saturated rings. The van der Waals surface area contributed by atoms with Gasteiger partial charge in [0.25, 0.3) is 0 Å². The second kappa shape index (κ2) is 4.63. The van der Waals surface area contributed by atoms with E-state index in [1.807, 2.05) is 11.3 Å². The molecule has 1 saturated carbocycles. The standard InChI is InChI=1S/C15H17NS/c16-13-5-3-4-11(9-13)8-12-10-17-15-7-2-1-6-14(12)15/h1-2,6-8,10,13H,3-5,9,16H2/b11-8-. The molecule has 3 rings (SSSR count). The highest BCUT2D eigenvalue weighted by molar-refractivity contribution is 7.17. The summed E-state index contributed by atoms with van der Waals surface area (Å²) in [6.45, 7) is 0. The third kappa shape index (κ3) is 2.28. The van der Waals surface area contributed by atoms with Crippen LogP contribution in [0.4, 0.5) is 0 Å². The Balaban J connectivity index is 1.96. The fraction of sp³-hybridized carbons (Fsp3) is 0.333. The van der Waals surface area contributed by atoms with Gasteiger partial charge in [-0.1, -0.05) is 29.8 Å². The number of benzene rings is 1. The van der Waals surface area contributed by atoms with Crippen molar-refractivity contribution in [2.24, 2.45) is 5.73 Å². The van der Waals surface area contributed by atoms with Crippen molar-refractivity contribution in [2.75, 3.05) is 0 Å². The lowest BCUT2D eigenvalue weighted by atomic mass is 9.90. The maximum absolute atomic E-state index is 6.03. The zero-order chi connectivity index (χ0) is 11.7. The van der Waals surface area contributed by atoms with Gasteiger partial charge in [-0.2, -0.15) is 0 Å². The van der Waals surface area contributed by atoms with E-state index in [-0.39, 0.29) is 0 Å². The first-order chi connectivity index (χ1) is 8.33. The third-order valence-corrected chi connectivity index (χ3v) is 4.45. The molecule has 0 amide bonds. The summed E-state index contributed by atoms with van der Waals surface area (Å²) in [4.78, 5) is 0. The number of thiophene rings is 1. The van der Waals surface area contributed by atoms with E-state index in [0.29, 0.717) is 6.04 Å². The Labute approximate surface area is 106 Å². The molecule has 2 N–H and O–H groups in total. The minimum atomic E-state index is 0.375. The van der Waals surface area contributed by atoms with Gasteiger partial charge in [-0.25, -0.2) is 0 Å². The number of hydrogen-bond donors (Lipinski definition) is 1. The Kier molecular flexibility index (Phi) is 3.00. The summed E-state index contributed by atoms with van der Waals surface area (Å²) >= 11 is 1.83. The lowest BCUT2D eigenvalue weighted by Gasteiger charge is -2.20. The summed E-state index contributed by atoms with van der Waals surface area (Å²) in [6.07, 6.45) is 7.08. The summed E-state index contributed by atoms with van der Waals surface area (Å²) in [5.41, 5.74) is 8.92. The van der Waals surface area contributed by atoms with Gasteiger partial charge in [0.1, 0.15) is 0 Å². The highest BCUT2D eigenvalue weighted by atomic mass is 32.1. The van der Waals surface area contributed by atoms with E-state index < -0.39 is 0 Å². The Morgan fingerprint density at radius 1 is 1.29 bits per heavy atom. The Hall–Kier alpha value is -1.12. The molecule has 2 heteroatoms. The molecule has 1 aliphatic rings. The van der Waals surface area contributed by atoms with Gasteiger partial charge in [-0.05, 0) is 48.1 Å². The van der Waals surface area contributed by atoms with Crippen molar-refractivity contribution in [3.05, 3.63) is 40.8 Å². The molecule has 0 radical (unpaired) electrons. The largest absolute Gasteiger partial charge is 0.327 e. The van der Waals surface area contributed by atoms with Crippen molar-refractivity contribution < 1.29 is 0 Å². The molecule has 17 heavy (non-hydrogen) atoms. The van der Waals surface area contributed by atoms with Crippen molar-refractivity contribution in [1.29, 1.82) is 0 Å². The highest BCUT2D eigenvalue weighted by Crippen LogP contribution is 2.30. The van der Waals surface area contributed by atoms with Crippen LogP contribution in [-0.4, -0.2) is 6.04 Å². The van der Waals surface area contributed by atoms with Crippen LogP contribution in [0.1, 0.15) is 31.2 Å². The molecule has 1 aromatic heterocycles. The number of fused-ring (bicyclic) bond motifs is 1. The molecule has 0 bridgehead atoms. The molecule has 1 aliphatic carbocycles. The Morgan fingerprint density at radius 2 is 2.18 bits per heavy atom. The van der Waals surface area contributed by atoms with Crippen LogP contribution < -0.4 is 5.73 Å². The van der Waals surface area contributed by atoms with Crippen LogP contribution in [0, 0.1) is 0 Å². The van der Waals surface area contributed by atoms with Gasteiger partial charge in [0, 0.05) is 10.7 Å². The first kappa shape index (κ1) is 11.0. The van der Waals surface area contributed by atoms with Gasteiger partial charge in [-0.3, -0.25) is 0 Å². The molecular weight excluding hydrogens is 226 g/mol. The molecule has 0 aliphatic heterocycles. The van der Waals surface area contributed by atoms with Crippen LogP contribution in [0.15, 0.2) is 35.2 Å². The first-order valence-electron chi connectivity index (χ1n) is 6.24. The molecular formula is C15H17NS. The normalized spacial score (nSPS) is 23.4. The van der Waals surface area contributed by atoms with Crippen LogP contribution >= 0.6 is 11.3 Å². The zero-order valence-electron chi connectivity index (χ0n) is 9.86. The molecule has 1 heterocycles. The second-order valence-corrected chi connectivity index (χ2v) is 5.76. The maximum Gasteiger partial charge on any atom is 0.0348 e. The van der Waals surface area contributed by atoms with Gasteiger partial charge in [0.05, 0.1) is 0 Å². The van der Waals surface area contributed by atoms with Gasteiger partial charge >= 0.3 is 0 Å². The molecule has 1 nitrogen and oxygen atoms in total. The van der Waals surface area contributed by atoms with Crippen LogP contribution in [-0.2, 0) is 0 Å². The van der Waals surface area contributed by atoms with E-state index in [9.17, 15) is 0 Å². The molecule has 2 aromatic rings. The highest BCUT2D eigenvalue weighted by Gasteiger charge is 2.13. The van der Waals surface area contributed by atoms with Crippen LogP contribution in [0.3, 0.4) is 0 Å². The predicted molar refractivity (Wildman–Crippen MR) is 76.2 cm³/mol. The molecule has 0 saturated heterocycles. The first-order valence-corrected chi connectivity index (χ1v) is 7.12. The zero-order valence-corrected chi connectivity index (χ0v) is 10.7. The average molecular weight is 243 g/mol. The maximum atomic E-state index is 6.03. The van der Waals surface area contributed by atoms with Gasteiger partial charge in [0.15, 0.2) is 0 Å². The number of hydrogen-bond acceptors (Lipinski definition) is 2. The lowest BCUT2D eigenvalue weighted by molar-refractivity contribution is 0.520.